The van der Waals surface area contributed by atoms with Gasteiger partial charge in [0.05, 0.1) is 17.3 Å². The molecule has 7 nitrogen and oxygen atoms in total. The summed E-state index contributed by atoms with van der Waals surface area (Å²) in [5.41, 5.74) is 9.72. The lowest BCUT2D eigenvalue weighted by Crippen LogP contribution is -2.05. The van der Waals surface area contributed by atoms with E-state index in [0.29, 0.717) is 33.3 Å². The molecular weight excluding hydrogens is 338 g/mol. The van der Waals surface area contributed by atoms with E-state index >= 15 is 0 Å². The van der Waals surface area contributed by atoms with Crippen LogP contribution in [0.1, 0.15) is 5.56 Å². The molecule has 3 aromatic heterocycles. The summed E-state index contributed by atoms with van der Waals surface area (Å²) in [6.45, 7) is 0. The highest BCUT2D eigenvalue weighted by atomic mass is 35.5. The van der Waals surface area contributed by atoms with Gasteiger partial charge in [0.1, 0.15) is 29.0 Å². The minimum Gasteiger partial charge on any atom is -0.382 e. The van der Waals surface area contributed by atoms with Gasteiger partial charge in [0.15, 0.2) is 5.15 Å². The van der Waals surface area contributed by atoms with Crippen LogP contribution in [-0.2, 0) is 0 Å². The van der Waals surface area contributed by atoms with Gasteiger partial charge in [-0.1, -0.05) is 23.7 Å². The molecule has 0 atom stereocenters. The maximum atomic E-state index is 9.17. The summed E-state index contributed by atoms with van der Waals surface area (Å²) in [5, 5.41) is 13.8. The van der Waals surface area contributed by atoms with Gasteiger partial charge >= 0.3 is 0 Å². The van der Waals surface area contributed by atoms with E-state index in [1.807, 2.05) is 6.07 Å². The second-order valence-electron chi connectivity index (χ2n) is 5.25. The number of halogens is 1. The van der Waals surface area contributed by atoms with Crippen molar-refractivity contribution in [2.45, 2.75) is 0 Å². The first-order chi connectivity index (χ1) is 12.2. The van der Waals surface area contributed by atoms with E-state index in [2.05, 4.69) is 26.1 Å². The molecule has 0 aliphatic heterocycles. The van der Waals surface area contributed by atoms with Gasteiger partial charge in [0, 0.05) is 17.8 Å². The van der Waals surface area contributed by atoms with Crippen LogP contribution in [0.4, 0.5) is 5.82 Å². The van der Waals surface area contributed by atoms with E-state index in [9.17, 15) is 5.26 Å². The molecule has 2 N–H and O–H groups in total. The normalized spacial score (nSPS) is 10.7. The van der Waals surface area contributed by atoms with Gasteiger partial charge in [-0.25, -0.2) is 19.5 Å². The number of nitrogen functional groups attached to an aromatic ring is 1. The van der Waals surface area contributed by atoms with Crippen molar-refractivity contribution in [2.24, 2.45) is 0 Å². The summed E-state index contributed by atoms with van der Waals surface area (Å²) in [5.74, 6) is 0.287. The Balaban J connectivity index is 2.12. The molecule has 0 aliphatic carbocycles. The van der Waals surface area contributed by atoms with Crippen LogP contribution in [0.15, 0.2) is 48.9 Å². The Morgan fingerprint density at radius 3 is 2.84 bits per heavy atom. The summed E-state index contributed by atoms with van der Waals surface area (Å²) in [6, 6.07) is 12.6. The number of benzene rings is 1. The summed E-state index contributed by atoms with van der Waals surface area (Å²) in [7, 11) is 0. The van der Waals surface area contributed by atoms with Gasteiger partial charge in [0.2, 0.25) is 0 Å². The second kappa shape index (κ2) is 5.85. The minimum atomic E-state index is 0.287. The van der Waals surface area contributed by atoms with Crippen molar-refractivity contribution in [3.05, 3.63) is 59.6 Å². The fourth-order valence-electron chi connectivity index (χ4n) is 2.63. The van der Waals surface area contributed by atoms with Gasteiger partial charge < -0.3 is 5.73 Å². The molecule has 0 amide bonds. The molecule has 0 unspecified atom stereocenters. The molecule has 0 spiro atoms. The summed E-state index contributed by atoms with van der Waals surface area (Å²) >= 11 is 6.07. The molecule has 0 saturated carbocycles. The quantitative estimate of drug-likeness (QED) is 0.597. The zero-order valence-corrected chi connectivity index (χ0v) is 13.5. The summed E-state index contributed by atoms with van der Waals surface area (Å²) < 4.78 is 1.61. The highest BCUT2D eigenvalue weighted by molar-refractivity contribution is 6.29. The van der Waals surface area contributed by atoms with Crippen LogP contribution in [-0.4, -0.2) is 24.6 Å². The van der Waals surface area contributed by atoms with Crippen LogP contribution in [0.2, 0.25) is 5.15 Å². The van der Waals surface area contributed by atoms with Crippen LogP contribution in [0.3, 0.4) is 0 Å². The SMILES string of the molecule is N#Cc1cccc(-c2nc(N)c3cc(Cl)nn3c2-c2ccncn2)c1. The Kier molecular flexibility index (Phi) is 3.52. The van der Waals surface area contributed by atoms with E-state index in [1.54, 1.807) is 41.0 Å². The van der Waals surface area contributed by atoms with Crippen molar-refractivity contribution in [2.75, 3.05) is 5.73 Å². The van der Waals surface area contributed by atoms with E-state index < -0.39 is 0 Å². The molecule has 0 bridgehead atoms. The van der Waals surface area contributed by atoms with E-state index in [-0.39, 0.29) is 5.82 Å². The van der Waals surface area contributed by atoms with Gasteiger partial charge in [0.25, 0.3) is 0 Å². The van der Waals surface area contributed by atoms with Crippen molar-refractivity contribution in [1.82, 2.24) is 24.6 Å². The molecule has 0 saturated heterocycles. The lowest BCUT2D eigenvalue weighted by atomic mass is 10.0. The lowest BCUT2D eigenvalue weighted by Gasteiger charge is -2.12. The van der Waals surface area contributed by atoms with Gasteiger partial charge in [-0.2, -0.15) is 10.4 Å². The first-order valence-corrected chi connectivity index (χ1v) is 7.67. The van der Waals surface area contributed by atoms with Crippen molar-refractivity contribution in [3.8, 4) is 28.7 Å². The number of hydrogen-bond donors (Lipinski definition) is 1. The number of nitrogens with zero attached hydrogens (tertiary/aromatic N) is 6. The van der Waals surface area contributed by atoms with Gasteiger partial charge in [-0.3, -0.25) is 0 Å². The molecule has 0 fully saturated rings. The monoisotopic (exact) mass is 347 g/mol. The number of hydrogen-bond acceptors (Lipinski definition) is 6. The van der Waals surface area contributed by atoms with Crippen LogP contribution in [0, 0.1) is 11.3 Å². The predicted molar refractivity (Wildman–Crippen MR) is 93.6 cm³/mol. The Hall–Kier alpha value is -3.50. The standard InChI is InChI=1S/C17H10ClN7/c18-14-7-13-17(20)23-15(11-3-1-2-10(6-11)8-19)16(25(13)24-14)12-4-5-21-9-22-12/h1-7,9H,(H2,20,23). The molecule has 4 aromatic rings. The summed E-state index contributed by atoms with van der Waals surface area (Å²) in [6.07, 6.45) is 3.07. The molecule has 4 rings (SSSR count). The van der Waals surface area contributed by atoms with Crippen LogP contribution in [0.25, 0.3) is 28.2 Å². The molecule has 3 heterocycles. The third-order valence-corrected chi connectivity index (χ3v) is 3.88. The minimum absolute atomic E-state index is 0.287. The number of nitriles is 1. The third-order valence-electron chi connectivity index (χ3n) is 3.70. The highest BCUT2D eigenvalue weighted by Gasteiger charge is 2.19. The first-order valence-electron chi connectivity index (χ1n) is 7.29. The molecule has 1 aromatic carbocycles. The smallest absolute Gasteiger partial charge is 0.152 e. The third kappa shape index (κ3) is 2.55. The van der Waals surface area contributed by atoms with Crippen LogP contribution >= 0.6 is 11.6 Å². The molecule has 0 aliphatic rings. The Bertz CT molecular complexity index is 1130. The molecule has 25 heavy (non-hydrogen) atoms. The topological polar surface area (TPSA) is 106 Å². The van der Waals surface area contributed by atoms with E-state index in [4.69, 9.17) is 17.3 Å². The predicted octanol–water partition coefficient (Wildman–Crippen LogP) is 2.96. The number of rotatable bonds is 2. The number of fused-ring (bicyclic) bond motifs is 1. The zero-order chi connectivity index (χ0) is 17.4. The number of anilines is 1. The maximum Gasteiger partial charge on any atom is 0.152 e. The number of nitrogens with two attached hydrogens (primary N) is 1. The number of aromatic nitrogens is 5. The average Bonchev–Trinajstić information content (AvgIpc) is 3.04. The fraction of sp³-hybridized carbons (Fsp3) is 0. The second-order valence-corrected chi connectivity index (χ2v) is 5.63. The van der Waals surface area contributed by atoms with Crippen molar-refractivity contribution < 1.29 is 0 Å². The van der Waals surface area contributed by atoms with Crippen molar-refractivity contribution >= 4 is 22.9 Å². The Morgan fingerprint density at radius 1 is 1.20 bits per heavy atom. The zero-order valence-electron chi connectivity index (χ0n) is 12.8. The first kappa shape index (κ1) is 15.1. The van der Waals surface area contributed by atoms with E-state index in [1.165, 1.54) is 6.33 Å². The van der Waals surface area contributed by atoms with Crippen molar-refractivity contribution in [3.63, 3.8) is 0 Å². The van der Waals surface area contributed by atoms with Crippen LogP contribution in [0.5, 0.6) is 0 Å². The summed E-state index contributed by atoms with van der Waals surface area (Å²) in [4.78, 5) is 12.8. The Morgan fingerprint density at radius 2 is 2.08 bits per heavy atom. The largest absolute Gasteiger partial charge is 0.382 e. The van der Waals surface area contributed by atoms with Gasteiger partial charge in [-0.05, 0) is 18.2 Å². The molecule has 8 heteroatoms. The molecule has 120 valence electrons. The average molecular weight is 348 g/mol. The highest BCUT2D eigenvalue weighted by Crippen LogP contribution is 2.33. The fourth-order valence-corrected chi connectivity index (χ4v) is 2.81. The Labute approximate surface area is 147 Å². The van der Waals surface area contributed by atoms with Crippen LogP contribution < -0.4 is 5.73 Å². The van der Waals surface area contributed by atoms with Gasteiger partial charge in [-0.15, -0.1) is 0 Å². The lowest BCUT2D eigenvalue weighted by molar-refractivity contribution is 0.951. The molecule has 0 radical (unpaired) electrons. The maximum absolute atomic E-state index is 9.17. The van der Waals surface area contributed by atoms with E-state index in [0.717, 1.165) is 5.56 Å². The van der Waals surface area contributed by atoms with Crippen molar-refractivity contribution in [1.29, 1.82) is 5.26 Å². The molecular formula is C17H10ClN7.